The summed E-state index contributed by atoms with van der Waals surface area (Å²) in [6, 6.07) is 11.2. The summed E-state index contributed by atoms with van der Waals surface area (Å²) in [6.07, 6.45) is 6.26. The summed E-state index contributed by atoms with van der Waals surface area (Å²) in [5.74, 6) is -5.43. The Morgan fingerprint density at radius 1 is 0.789 bits per heavy atom. The van der Waals surface area contributed by atoms with Crippen LogP contribution in [0.3, 0.4) is 0 Å². The molecule has 3 nitrogen and oxygen atoms in total. The van der Waals surface area contributed by atoms with Crippen LogP contribution in [0.4, 0.5) is 17.6 Å². The first-order valence-corrected chi connectivity index (χ1v) is 13.2. The number of rotatable bonds is 9. The molecule has 0 heterocycles. The van der Waals surface area contributed by atoms with Gasteiger partial charge in [0.15, 0.2) is 23.1 Å². The molecular formula is C31H32F4O3. The summed E-state index contributed by atoms with van der Waals surface area (Å²) in [4.78, 5) is 12.5. The van der Waals surface area contributed by atoms with Gasteiger partial charge in [0.1, 0.15) is 0 Å². The third-order valence-corrected chi connectivity index (χ3v) is 7.22. The molecule has 202 valence electrons. The van der Waals surface area contributed by atoms with Gasteiger partial charge < -0.3 is 9.47 Å². The molecule has 0 spiro atoms. The fraction of sp³-hybridized carbons (Fsp3) is 0.387. The Balaban J connectivity index is 1.44. The van der Waals surface area contributed by atoms with Gasteiger partial charge in [-0.1, -0.05) is 63.8 Å². The molecule has 3 aromatic rings. The van der Waals surface area contributed by atoms with Crippen molar-refractivity contribution < 1.29 is 31.8 Å². The molecule has 0 radical (unpaired) electrons. The minimum Gasteiger partial charge on any atom is -0.490 e. The Kier molecular flexibility index (Phi) is 9.08. The molecule has 3 aromatic carbocycles. The van der Waals surface area contributed by atoms with E-state index in [0.717, 1.165) is 44.6 Å². The van der Waals surface area contributed by atoms with Crippen molar-refractivity contribution in [1.29, 1.82) is 0 Å². The standard InChI is InChI=1S/C31H32F4O3/c1-3-4-5-18-37-25-16-17-26(30(35)29(25)34)38-31(36)22-12-10-21(11-13-22)24-15-14-23(27(32)28(24)33)20-8-6-19(2)7-9-20/h10-17,19-20H,3-9,18H2,1-2H3. The van der Waals surface area contributed by atoms with Gasteiger partial charge >= 0.3 is 5.97 Å². The van der Waals surface area contributed by atoms with Gasteiger partial charge in [-0.15, -0.1) is 0 Å². The van der Waals surface area contributed by atoms with Crippen molar-refractivity contribution in [1.82, 2.24) is 0 Å². The number of esters is 1. The van der Waals surface area contributed by atoms with Crippen molar-refractivity contribution in [3.8, 4) is 22.6 Å². The minimum absolute atomic E-state index is 0.0128. The van der Waals surface area contributed by atoms with Crippen LogP contribution in [0, 0.1) is 29.2 Å². The number of hydrogen-bond acceptors (Lipinski definition) is 3. The lowest BCUT2D eigenvalue weighted by Crippen LogP contribution is -2.13. The van der Waals surface area contributed by atoms with Gasteiger partial charge in [-0.2, -0.15) is 8.78 Å². The van der Waals surface area contributed by atoms with Gasteiger partial charge in [-0.25, -0.2) is 13.6 Å². The zero-order valence-corrected chi connectivity index (χ0v) is 21.7. The number of hydrogen-bond donors (Lipinski definition) is 0. The number of benzene rings is 3. The van der Waals surface area contributed by atoms with Gasteiger partial charge in [0, 0.05) is 5.56 Å². The molecule has 0 atom stereocenters. The molecule has 0 N–H and O–H groups in total. The van der Waals surface area contributed by atoms with E-state index in [2.05, 4.69) is 6.92 Å². The molecule has 0 unspecified atom stereocenters. The van der Waals surface area contributed by atoms with Crippen molar-refractivity contribution in [2.24, 2.45) is 5.92 Å². The Hall–Kier alpha value is -3.35. The first kappa shape index (κ1) is 27.7. The maximum atomic E-state index is 15.0. The lowest BCUT2D eigenvalue weighted by molar-refractivity contribution is 0.0726. The van der Waals surface area contributed by atoms with Gasteiger partial charge in [-0.05, 0) is 66.5 Å². The van der Waals surface area contributed by atoms with E-state index in [1.165, 1.54) is 30.3 Å². The summed E-state index contributed by atoms with van der Waals surface area (Å²) >= 11 is 0. The first-order chi connectivity index (χ1) is 18.3. The second-order valence-corrected chi connectivity index (χ2v) is 10.00. The van der Waals surface area contributed by atoms with Crippen LogP contribution in [0.15, 0.2) is 48.5 Å². The lowest BCUT2D eigenvalue weighted by Gasteiger charge is -2.27. The molecular weight excluding hydrogens is 496 g/mol. The molecule has 0 saturated heterocycles. The summed E-state index contributed by atoms with van der Waals surface area (Å²) in [5, 5.41) is 0. The molecule has 4 rings (SSSR count). The van der Waals surface area contributed by atoms with Crippen molar-refractivity contribution >= 4 is 5.97 Å². The van der Waals surface area contributed by atoms with Crippen LogP contribution in [0.25, 0.3) is 11.1 Å². The Bertz CT molecular complexity index is 1270. The van der Waals surface area contributed by atoms with E-state index in [1.807, 2.05) is 6.92 Å². The van der Waals surface area contributed by atoms with Crippen LogP contribution in [0.5, 0.6) is 11.5 Å². The molecule has 1 fully saturated rings. The summed E-state index contributed by atoms with van der Waals surface area (Å²) < 4.78 is 69.1. The van der Waals surface area contributed by atoms with E-state index in [9.17, 15) is 18.0 Å². The van der Waals surface area contributed by atoms with Crippen molar-refractivity contribution in [2.45, 2.75) is 64.7 Å². The van der Waals surface area contributed by atoms with Crippen molar-refractivity contribution in [2.75, 3.05) is 6.61 Å². The Labute approximate surface area is 220 Å². The van der Waals surface area contributed by atoms with Crippen LogP contribution in [0.2, 0.25) is 0 Å². The highest BCUT2D eigenvalue weighted by atomic mass is 19.2. The molecule has 1 aliphatic rings. The molecule has 0 bridgehead atoms. The van der Waals surface area contributed by atoms with Crippen LogP contribution in [0.1, 0.15) is 80.6 Å². The van der Waals surface area contributed by atoms with Gasteiger partial charge in [0.25, 0.3) is 0 Å². The molecule has 1 saturated carbocycles. The number of halogens is 4. The largest absolute Gasteiger partial charge is 0.490 e. The van der Waals surface area contributed by atoms with E-state index >= 15 is 4.39 Å². The predicted octanol–water partition coefficient (Wildman–Crippen LogP) is 8.99. The average molecular weight is 529 g/mol. The van der Waals surface area contributed by atoms with Crippen molar-refractivity contribution in [3.63, 3.8) is 0 Å². The maximum Gasteiger partial charge on any atom is 0.343 e. The quantitative estimate of drug-likeness (QED) is 0.120. The molecule has 0 aromatic heterocycles. The van der Waals surface area contributed by atoms with E-state index in [0.29, 0.717) is 23.5 Å². The number of unbranched alkanes of at least 4 members (excludes halogenated alkanes) is 2. The van der Waals surface area contributed by atoms with E-state index in [1.54, 1.807) is 12.1 Å². The highest BCUT2D eigenvalue weighted by Crippen LogP contribution is 2.38. The van der Waals surface area contributed by atoms with Gasteiger partial charge in [-0.3, -0.25) is 0 Å². The molecule has 38 heavy (non-hydrogen) atoms. The minimum atomic E-state index is -1.33. The van der Waals surface area contributed by atoms with E-state index < -0.39 is 35.0 Å². The number of carbonyl (C=O) groups excluding carboxylic acids is 1. The Morgan fingerprint density at radius 3 is 2.13 bits per heavy atom. The van der Waals surface area contributed by atoms with Gasteiger partial charge in [0.05, 0.1) is 12.2 Å². The lowest BCUT2D eigenvalue weighted by atomic mass is 9.79. The monoisotopic (exact) mass is 528 g/mol. The van der Waals surface area contributed by atoms with Crippen LogP contribution in [-0.4, -0.2) is 12.6 Å². The molecule has 0 aliphatic heterocycles. The first-order valence-electron chi connectivity index (χ1n) is 13.2. The SMILES string of the molecule is CCCCCOc1ccc(OC(=O)c2ccc(-c3ccc(C4CCC(C)CC4)c(F)c3F)cc2)c(F)c1F. The third-order valence-electron chi connectivity index (χ3n) is 7.22. The fourth-order valence-corrected chi connectivity index (χ4v) is 4.86. The zero-order chi connectivity index (χ0) is 27.2. The van der Waals surface area contributed by atoms with Crippen LogP contribution < -0.4 is 9.47 Å². The number of carbonyl (C=O) groups is 1. The average Bonchev–Trinajstić information content (AvgIpc) is 2.92. The second-order valence-electron chi connectivity index (χ2n) is 10.00. The summed E-state index contributed by atoms with van der Waals surface area (Å²) in [6.45, 7) is 4.44. The molecule has 1 aliphatic carbocycles. The predicted molar refractivity (Wildman–Crippen MR) is 139 cm³/mol. The molecule has 0 amide bonds. The highest BCUT2D eigenvalue weighted by molar-refractivity contribution is 5.91. The third kappa shape index (κ3) is 6.20. The Morgan fingerprint density at radius 2 is 1.45 bits per heavy atom. The number of ether oxygens (including phenoxy) is 2. The molecule has 7 heteroatoms. The maximum absolute atomic E-state index is 15.0. The summed E-state index contributed by atoms with van der Waals surface area (Å²) in [5.41, 5.74) is 0.911. The topological polar surface area (TPSA) is 35.5 Å². The highest BCUT2D eigenvalue weighted by Gasteiger charge is 2.25. The van der Waals surface area contributed by atoms with Gasteiger partial charge in [0.2, 0.25) is 11.6 Å². The van der Waals surface area contributed by atoms with Crippen molar-refractivity contribution in [3.05, 3.63) is 82.9 Å². The second kappa shape index (κ2) is 12.5. The smallest absolute Gasteiger partial charge is 0.343 e. The van der Waals surface area contributed by atoms with E-state index in [4.69, 9.17) is 9.47 Å². The normalized spacial score (nSPS) is 17.3. The van der Waals surface area contributed by atoms with Crippen LogP contribution in [-0.2, 0) is 0 Å². The summed E-state index contributed by atoms with van der Waals surface area (Å²) in [7, 11) is 0. The fourth-order valence-electron chi connectivity index (χ4n) is 4.86. The van der Waals surface area contributed by atoms with E-state index in [-0.39, 0.29) is 29.4 Å². The van der Waals surface area contributed by atoms with Crippen LogP contribution >= 0.6 is 0 Å². The zero-order valence-electron chi connectivity index (χ0n) is 21.7.